The second-order valence-corrected chi connectivity index (χ2v) is 8.24. The van der Waals surface area contributed by atoms with Crippen LogP contribution in [0.2, 0.25) is 0 Å². The summed E-state index contributed by atoms with van der Waals surface area (Å²) in [7, 11) is 0. The maximum absolute atomic E-state index is 5.89. The lowest BCUT2D eigenvalue weighted by Gasteiger charge is -2.10. The average molecular weight is 339 g/mol. The molecule has 0 radical (unpaired) electrons. The molecule has 0 aromatic carbocycles. The van der Waals surface area contributed by atoms with E-state index in [-0.39, 0.29) is 0 Å². The molecule has 1 aliphatic rings. The molecule has 1 aliphatic heterocycles. The van der Waals surface area contributed by atoms with Gasteiger partial charge >= 0.3 is 0 Å². The Labute approximate surface area is 153 Å². The highest BCUT2D eigenvalue weighted by Gasteiger charge is 2.20. The van der Waals surface area contributed by atoms with Crippen molar-refractivity contribution in [3.05, 3.63) is 0 Å². The van der Waals surface area contributed by atoms with Crippen molar-refractivity contribution < 1.29 is 4.74 Å². The van der Waals surface area contributed by atoms with Crippen LogP contribution in [0.1, 0.15) is 136 Å². The molecule has 2 unspecified atom stereocenters. The second-order valence-electron chi connectivity index (χ2n) is 8.24. The fourth-order valence-corrected chi connectivity index (χ4v) is 4.02. The van der Waals surface area contributed by atoms with Crippen LogP contribution in [-0.2, 0) is 4.74 Å². The minimum atomic E-state index is 0.524. The van der Waals surface area contributed by atoms with E-state index in [0.29, 0.717) is 12.2 Å². The molecular formula is C23H46O. The highest BCUT2D eigenvalue weighted by molar-refractivity contribution is 4.70. The Balaban J connectivity index is 1.66. The maximum Gasteiger partial charge on any atom is 0.0579 e. The molecule has 0 aliphatic carbocycles. The van der Waals surface area contributed by atoms with Crippen molar-refractivity contribution in [1.29, 1.82) is 0 Å². The third-order valence-corrected chi connectivity index (χ3v) is 5.70. The van der Waals surface area contributed by atoms with Gasteiger partial charge in [0.25, 0.3) is 0 Å². The molecule has 24 heavy (non-hydrogen) atoms. The van der Waals surface area contributed by atoms with Crippen molar-refractivity contribution in [1.82, 2.24) is 0 Å². The van der Waals surface area contributed by atoms with E-state index in [9.17, 15) is 0 Å². The topological polar surface area (TPSA) is 9.23 Å². The average Bonchev–Trinajstić information content (AvgIpc) is 3.00. The molecule has 0 saturated carbocycles. The van der Waals surface area contributed by atoms with E-state index >= 15 is 0 Å². The van der Waals surface area contributed by atoms with Crippen LogP contribution in [-0.4, -0.2) is 12.2 Å². The van der Waals surface area contributed by atoms with Gasteiger partial charge in [0.05, 0.1) is 12.2 Å². The molecular weight excluding hydrogens is 292 g/mol. The number of ether oxygens (including phenoxy) is 1. The van der Waals surface area contributed by atoms with E-state index in [1.54, 1.807) is 0 Å². The summed E-state index contributed by atoms with van der Waals surface area (Å²) in [4.78, 5) is 0. The van der Waals surface area contributed by atoms with Crippen molar-refractivity contribution in [2.75, 3.05) is 0 Å². The summed E-state index contributed by atoms with van der Waals surface area (Å²) in [6, 6.07) is 0. The van der Waals surface area contributed by atoms with Gasteiger partial charge in [-0.1, -0.05) is 110 Å². The zero-order valence-electron chi connectivity index (χ0n) is 17.0. The zero-order valence-corrected chi connectivity index (χ0v) is 17.0. The Morgan fingerprint density at radius 1 is 0.583 bits per heavy atom. The normalized spacial score (nSPS) is 20.8. The number of unbranched alkanes of at least 4 members (excludes halogenated alkanes) is 15. The van der Waals surface area contributed by atoms with E-state index in [1.807, 2.05) is 0 Å². The second kappa shape index (κ2) is 16.4. The first-order valence-electron chi connectivity index (χ1n) is 11.5. The smallest absolute Gasteiger partial charge is 0.0579 e. The van der Waals surface area contributed by atoms with Gasteiger partial charge in [-0.15, -0.1) is 0 Å². The summed E-state index contributed by atoms with van der Waals surface area (Å²) >= 11 is 0. The molecule has 0 aromatic rings. The van der Waals surface area contributed by atoms with Crippen molar-refractivity contribution >= 4 is 0 Å². The molecule has 0 aromatic heterocycles. The van der Waals surface area contributed by atoms with E-state index in [1.165, 1.54) is 122 Å². The van der Waals surface area contributed by atoms with Crippen molar-refractivity contribution in [2.45, 2.75) is 148 Å². The molecule has 2 atom stereocenters. The molecule has 1 fully saturated rings. The fraction of sp³-hybridized carbons (Fsp3) is 1.00. The Kier molecular flexibility index (Phi) is 15.1. The van der Waals surface area contributed by atoms with Gasteiger partial charge in [-0.05, 0) is 26.2 Å². The van der Waals surface area contributed by atoms with E-state index in [0.717, 1.165) is 0 Å². The number of hydrogen-bond donors (Lipinski definition) is 0. The van der Waals surface area contributed by atoms with Crippen LogP contribution >= 0.6 is 0 Å². The third kappa shape index (κ3) is 13.3. The first-order chi connectivity index (χ1) is 11.8. The monoisotopic (exact) mass is 338 g/mol. The maximum atomic E-state index is 5.89. The molecule has 1 heteroatoms. The third-order valence-electron chi connectivity index (χ3n) is 5.70. The predicted octanol–water partition coefficient (Wildman–Crippen LogP) is 8.21. The van der Waals surface area contributed by atoms with Crippen LogP contribution in [0.25, 0.3) is 0 Å². The van der Waals surface area contributed by atoms with Crippen LogP contribution in [0.5, 0.6) is 0 Å². The van der Waals surface area contributed by atoms with Gasteiger partial charge in [0.2, 0.25) is 0 Å². The number of rotatable bonds is 17. The number of hydrogen-bond acceptors (Lipinski definition) is 1. The lowest BCUT2D eigenvalue weighted by atomic mass is 10.0. The summed E-state index contributed by atoms with van der Waals surface area (Å²) in [5.74, 6) is 0. The standard InChI is InChI=1S/C23H46O/c1-3-4-5-6-7-8-9-10-11-12-13-14-15-16-17-18-19-23-21-20-22(2)24-23/h22-23H,3-21H2,1-2H3. The summed E-state index contributed by atoms with van der Waals surface area (Å²) in [5, 5.41) is 0. The van der Waals surface area contributed by atoms with Gasteiger partial charge in [0.1, 0.15) is 0 Å². The van der Waals surface area contributed by atoms with Gasteiger partial charge in [0.15, 0.2) is 0 Å². The Bertz CT molecular complexity index is 250. The van der Waals surface area contributed by atoms with Crippen LogP contribution < -0.4 is 0 Å². The van der Waals surface area contributed by atoms with Crippen molar-refractivity contribution in [3.8, 4) is 0 Å². The molecule has 0 bridgehead atoms. The molecule has 0 N–H and O–H groups in total. The largest absolute Gasteiger partial charge is 0.375 e. The lowest BCUT2D eigenvalue weighted by Crippen LogP contribution is -2.07. The fourth-order valence-electron chi connectivity index (χ4n) is 4.02. The molecule has 0 amide bonds. The van der Waals surface area contributed by atoms with Gasteiger partial charge in [-0.2, -0.15) is 0 Å². The summed E-state index contributed by atoms with van der Waals surface area (Å²) in [5.41, 5.74) is 0. The van der Waals surface area contributed by atoms with Crippen molar-refractivity contribution in [3.63, 3.8) is 0 Å². The first-order valence-corrected chi connectivity index (χ1v) is 11.5. The molecule has 1 saturated heterocycles. The van der Waals surface area contributed by atoms with Crippen LogP contribution in [0, 0.1) is 0 Å². The first kappa shape index (κ1) is 22.0. The minimum Gasteiger partial charge on any atom is -0.375 e. The van der Waals surface area contributed by atoms with Gasteiger partial charge in [-0.25, -0.2) is 0 Å². The van der Waals surface area contributed by atoms with Crippen LogP contribution in [0.3, 0.4) is 0 Å². The van der Waals surface area contributed by atoms with Gasteiger partial charge in [-0.3, -0.25) is 0 Å². The van der Waals surface area contributed by atoms with Crippen molar-refractivity contribution in [2.24, 2.45) is 0 Å². The van der Waals surface area contributed by atoms with Gasteiger partial charge < -0.3 is 4.74 Å². The summed E-state index contributed by atoms with van der Waals surface area (Å²) in [6.45, 7) is 4.51. The quantitative estimate of drug-likeness (QED) is 0.243. The lowest BCUT2D eigenvalue weighted by molar-refractivity contribution is 0.0494. The molecule has 1 heterocycles. The highest BCUT2D eigenvalue weighted by Crippen LogP contribution is 2.23. The highest BCUT2D eigenvalue weighted by atomic mass is 16.5. The van der Waals surface area contributed by atoms with Gasteiger partial charge in [0, 0.05) is 0 Å². The Morgan fingerprint density at radius 3 is 1.38 bits per heavy atom. The predicted molar refractivity (Wildman–Crippen MR) is 108 cm³/mol. The van der Waals surface area contributed by atoms with E-state index in [4.69, 9.17) is 4.74 Å². The van der Waals surface area contributed by atoms with Crippen LogP contribution in [0.15, 0.2) is 0 Å². The Morgan fingerprint density at radius 2 is 1.00 bits per heavy atom. The molecule has 0 spiro atoms. The Hall–Kier alpha value is -0.0400. The minimum absolute atomic E-state index is 0.524. The van der Waals surface area contributed by atoms with E-state index < -0.39 is 0 Å². The SMILES string of the molecule is CCCCCCCCCCCCCCCCCCC1CCC(C)O1. The van der Waals surface area contributed by atoms with E-state index in [2.05, 4.69) is 13.8 Å². The summed E-state index contributed by atoms with van der Waals surface area (Å²) < 4.78 is 5.89. The molecule has 144 valence electrons. The molecule has 1 nitrogen and oxygen atoms in total. The molecule has 1 rings (SSSR count). The zero-order chi connectivity index (χ0) is 17.3. The van der Waals surface area contributed by atoms with Crippen LogP contribution in [0.4, 0.5) is 0 Å². The summed E-state index contributed by atoms with van der Waals surface area (Å²) in [6.07, 6.45) is 28.3.